The van der Waals surface area contributed by atoms with Gasteiger partial charge in [-0.1, -0.05) is 41.6 Å². The minimum Gasteiger partial charge on any atom is -0.497 e. The van der Waals surface area contributed by atoms with Crippen LogP contribution in [0.25, 0.3) is 0 Å². The highest BCUT2D eigenvalue weighted by Gasteiger charge is 2.30. The molecule has 1 aliphatic rings. The molecule has 0 saturated heterocycles. The van der Waals surface area contributed by atoms with Gasteiger partial charge in [0.25, 0.3) is 0 Å². The van der Waals surface area contributed by atoms with E-state index < -0.39 is 0 Å². The number of methoxy groups -OCH3 is 1. The van der Waals surface area contributed by atoms with Gasteiger partial charge in [0.05, 0.1) is 13.2 Å². The zero-order valence-electron chi connectivity index (χ0n) is 12.2. The number of ether oxygens (including phenoxy) is 1. The van der Waals surface area contributed by atoms with Gasteiger partial charge >= 0.3 is 0 Å². The van der Waals surface area contributed by atoms with Crippen molar-refractivity contribution in [2.75, 3.05) is 7.11 Å². The molecule has 2 unspecified atom stereocenters. The molecule has 1 aliphatic carbocycles. The average molecular weight is 281 g/mol. The van der Waals surface area contributed by atoms with E-state index in [1.54, 1.807) is 7.11 Å². The molecular formula is C18H19NO2. The normalized spacial score (nSPS) is 20.6. The van der Waals surface area contributed by atoms with Gasteiger partial charge in [-0.05, 0) is 48.1 Å². The summed E-state index contributed by atoms with van der Waals surface area (Å²) in [6.07, 6.45) is 2.60. The van der Waals surface area contributed by atoms with E-state index in [1.165, 1.54) is 16.7 Å². The first-order valence-corrected chi connectivity index (χ1v) is 7.35. The third-order valence-electron chi connectivity index (χ3n) is 4.36. The maximum Gasteiger partial charge on any atom is 0.119 e. The van der Waals surface area contributed by atoms with Crippen molar-refractivity contribution in [3.8, 4) is 5.75 Å². The smallest absolute Gasteiger partial charge is 0.119 e. The van der Waals surface area contributed by atoms with Crippen molar-refractivity contribution in [3.05, 3.63) is 70.1 Å². The summed E-state index contributed by atoms with van der Waals surface area (Å²) >= 11 is 0. The van der Waals surface area contributed by atoms with Crippen molar-refractivity contribution in [1.82, 2.24) is 0 Å². The lowest BCUT2D eigenvalue weighted by Gasteiger charge is -2.30. The van der Waals surface area contributed by atoms with E-state index in [9.17, 15) is 4.91 Å². The predicted octanol–water partition coefficient (Wildman–Crippen LogP) is 4.10. The summed E-state index contributed by atoms with van der Waals surface area (Å²) < 4.78 is 5.34. The molecule has 2 atom stereocenters. The van der Waals surface area contributed by atoms with Crippen molar-refractivity contribution in [3.63, 3.8) is 0 Å². The van der Waals surface area contributed by atoms with E-state index in [0.29, 0.717) is 0 Å². The van der Waals surface area contributed by atoms with E-state index >= 15 is 0 Å². The Labute approximate surface area is 124 Å². The molecule has 0 bridgehead atoms. The summed E-state index contributed by atoms with van der Waals surface area (Å²) in [7, 11) is 1.67. The standard InChI is InChI=1S/C18H19NO2/c1-21-15-9-7-14-8-10-18(19-20)17(16(14)12-15)11-13-5-3-2-4-6-13/h2-7,9,12,17-18H,8,10-11H2,1H3. The predicted molar refractivity (Wildman–Crippen MR) is 83.8 cm³/mol. The summed E-state index contributed by atoms with van der Waals surface area (Å²) in [4.78, 5) is 11.2. The van der Waals surface area contributed by atoms with E-state index in [2.05, 4.69) is 29.4 Å². The Hall–Kier alpha value is -2.16. The SMILES string of the molecule is COc1ccc2c(c1)C(Cc1ccccc1)C(N=O)CC2. The Morgan fingerprint density at radius 2 is 2.00 bits per heavy atom. The second-order valence-corrected chi connectivity index (χ2v) is 5.57. The fraction of sp³-hybridized carbons (Fsp3) is 0.333. The minimum absolute atomic E-state index is 0.142. The number of nitroso groups, excluding NO2 is 1. The topological polar surface area (TPSA) is 38.7 Å². The van der Waals surface area contributed by atoms with Gasteiger partial charge in [0.1, 0.15) is 5.75 Å². The van der Waals surface area contributed by atoms with Gasteiger partial charge in [0.2, 0.25) is 0 Å². The molecular weight excluding hydrogens is 262 g/mol. The molecule has 0 fully saturated rings. The number of hydrogen-bond acceptors (Lipinski definition) is 3. The third-order valence-corrected chi connectivity index (χ3v) is 4.36. The number of aryl methyl sites for hydroxylation is 1. The summed E-state index contributed by atoms with van der Waals surface area (Å²) in [5, 5.41) is 3.39. The molecule has 108 valence electrons. The van der Waals surface area contributed by atoms with Crippen molar-refractivity contribution >= 4 is 0 Å². The monoisotopic (exact) mass is 281 g/mol. The highest BCUT2D eigenvalue weighted by atomic mass is 16.5. The average Bonchev–Trinajstić information content (AvgIpc) is 2.55. The van der Waals surface area contributed by atoms with Crippen LogP contribution in [0.15, 0.2) is 53.7 Å². The number of benzene rings is 2. The summed E-state index contributed by atoms with van der Waals surface area (Å²) in [6, 6.07) is 16.3. The summed E-state index contributed by atoms with van der Waals surface area (Å²) in [5.41, 5.74) is 3.78. The molecule has 0 N–H and O–H groups in total. The first-order valence-electron chi connectivity index (χ1n) is 7.35. The first kappa shape index (κ1) is 13.8. The molecule has 2 aromatic rings. The van der Waals surface area contributed by atoms with Gasteiger partial charge in [0.15, 0.2) is 0 Å². The van der Waals surface area contributed by atoms with Crippen LogP contribution in [0.1, 0.15) is 29.0 Å². The maximum absolute atomic E-state index is 11.2. The molecule has 21 heavy (non-hydrogen) atoms. The Kier molecular flexibility index (Phi) is 4.00. The van der Waals surface area contributed by atoms with Gasteiger partial charge in [-0.2, -0.15) is 4.91 Å². The zero-order chi connectivity index (χ0) is 14.7. The Bertz CT molecular complexity index is 624. The van der Waals surface area contributed by atoms with E-state index in [0.717, 1.165) is 25.0 Å². The van der Waals surface area contributed by atoms with Crippen molar-refractivity contribution in [2.45, 2.75) is 31.2 Å². The maximum atomic E-state index is 11.2. The zero-order valence-corrected chi connectivity index (χ0v) is 12.2. The van der Waals surface area contributed by atoms with Crippen LogP contribution in [0.3, 0.4) is 0 Å². The van der Waals surface area contributed by atoms with Crippen LogP contribution >= 0.6 is 0 Å². The fourth-order valence-corrected chi connectivity index (χ4v) is 3.22. The number of rotatable bonds is 4. The van der Waals surface area contributed by atoms with Gasteiger partial charge in [-0.25, -0.2) is 0 Å². The van der Waals surface area contributed by atoms with Crippen molar-refractivity contribution < 1.29 is 4.74 Å². The third kappa shape index (κ3) is 2.82. The second kappa shape index (κ2) is 6.08. The minimum atomic E-state index is -0.148. The molecule has 0 heterocycles. The van der Waals surface area contributed by atoms with Crippen LogP contribution in [-0.4, -0.2) is 13.2 Å². The quantitative estimate of drug-likeness (QED) is 0.791. The number of hydrogen-bond donors (Lipinski definition) is 0. The van der Waals surface area contributed by atoms with Crippen LogP contribution in [0, 0.1) is 4.91 Å². The van der Waals surface area contributed by atoms with E-state index in [4.69, 9.17) is 4.74 Å². The molecule has 0 saturated carbocycles. The molecule has 0 aliphatic heterocycles. The highest BCUT2D eigenvalue weighted by Crippen LogP contribution is 2.37. The van der Waals surface area contributed by atoms with Gasteiger partial charge < -0.3 is 4.74 Å². The van der Waals surface area contributed by atoms with Gasteiger partial charge in [-0.3, -0.25) is 0 Å². The first-order chi connectivity index (χ1) is 10.3. The van der Waals surface area contributed by atoms with Crippen LogP contribution in [0.5, 0.6) is 5.75 Å². The van der Waals surface area contributed by atoms with Crippen molar-refractivity contribution in [1.29, 1.82) is 0 Å². The lowest BCUT2D eigenvalue weighted by Crippen LogP contribution is -2.25. The molecule has 3 nitrogen and oxygen atoms in total. The van der Waals surface area contributed by atoms with Crippen LogP contribution in [0.2, 0.25) is 0 Å². The van der Waals surface area contributed by atoms with Gasteiger partial charge in [-0.15, -0.1) is 0 Å². The van der Waals surface area contributed by atoms with Crippen LogP contribution < -0.4 is 4.74 Å². The van der Waals surface area contributed by atoms with E-state index in [1.807, 2.05) is 24.3 Å². The molecule has 0 spiro atoms. The van der Waals surface area contributed by atoms with Gasteiger partial charge in [0, 0.05) is 5.92 Å². The second-order valence-electron chi connectivity index (χ2n) is 5.57. The Morgan fingerprint density at radius 3 is 2.71 bits per heavy atom. The fourth-order valence-electron chi connectivity index (χ4n) is 3.22. The molecule has 0 radical (unpaired) electrons. The molecule has 0 aromatic heterocycles. The molecule has 0 amide bonds. The lowest BCUT2D eigenvalue weighted by molar-refractivity contribution is 0.409. The molecule has 2 aromatic carbocycles. The summed E-state index contributed by atoms with van der Waals surface area (Å²) in [6.45, 7) is 0. The van der Waals surface area contributed by atoms with Crippen LogP contribution in [-0.2, 0) is 12.8 Å². The molecule has 3 heteroatoms. The summed E-state index contributed by atoms with van der Waals surface area (Å²) in [5.74, 6) is 0.988. The number of nitrogens with zero attached hydrogens (tertiary/aromatic N) is 1. The van der Waals surface area contributed by atoms with Crippen molar-refractivity contribution in [2.24, 2.45) is 5.18 Å². The number of fused-ring (bicyclic) bond motifs is 1. The highest BCUT2D eigenvalue weighted by molar-refractivity contribution is 5.41. The van der Waals surface area contributed by atoms with Crippen LogP contribution in [0.4, 0.5) is 0 Å². The lowest BCUT2D eigenvalue weighted by atomic mass is 9.76. The largest absolute Gasteiger partial charge is 0.497 e. The Balaban J connectivity index is 1.98. The van der Waals surface area contributed by atoms with E-state index in [-0.39, 0.29) is 12.0 Å². The molecule has 3 rings (SSSR count). The Morgan fingerprint density at radius 1 is 1.19 bits per heavy atom.